The van der Waals surface area contributed by atoms with Crippen molar-refractivity contribution in [2.24, 2.45) is 0 Å². The van der Waals surface area contributed by atoms with Crippen LogP contribution >= 0.6 is 15.9 Å². The van der Waals surface area contributed by atoms with Gasteiger partial charge >= 0.3 is 6.03 Å². The normalized spacial score (nSPS) is 22.0. The SMILES string of the molecule is O=C(NCCF)N[C@@H]1C[C@H]1c1ccc(Br)cc1. The molecule has 1 fully saturated rings. The fourth-order valence-electron chi connectivity index (χ4n) is 1.81. The molecule has 0 bridgehead atoms. The molecular weight excluding hydrogens is 287 g/mol. The van der Waals surface area contributed by atoms with Crippen LogP contribution in [0.2, 0.25) is 0 Å². The van der Waals surface area contributed by atoms with Gasteiger partial charge in [0.25, 0.3) is 0 Å². The zero-order valence-corrected chi connectivity index (χ0v) is 10.8. The van der Waals surface area contributed by atoms with Crippen molar-refractivity contribution in [3.63, 3.8) is 0 Å². The van der Waals surface area contributed by atoms with Gasteiger partial charge < -0.3 is 10.6 Å². The maximum atomic E-state index is 11.8. The van der Waals surface area contributed by atoms with Gasteiger partial charge in [-0.15, -0.1) is 0 Å². The van der Waals surface area contributed by atoms with Gasteiger partial charge in [0, 0.05) is 23.0 Å². The van der Waals surface area contributed by atoms with Crippen LogP contribution in [-0.2, 0) is 0 Å². The molecule has 0 radical (unpaired) electrons. The minimum Gasteiger partial charge on any atom is -0.336 e. The lowest BCUT2D eigenvalue weighted by Gasteiger charge is -2.05. The van der Waals surface area contributed by atoms with Gasteiger partial charge in [-0.3, -0.25) is 0 Å². The van der Waals surface area contributed by atoms with Gasteiger partial charge in [0.15, 0.2) is 0 Å². The highest BCUT2D eigenvalue weighted by Crippen LogP contribution is 2.40. The van der Waals surface area contributed by atoms with Crippen LogP contribution in [0.1, 0.15) is 17.9 Å². The van der Waals surface area contributed by atoms with Crippen molar-refractivity contribution in [1.29, 1.82) is 0 Å². The second-order valence-corrected chi connectivity index (χ2v) is 5.01. The quantitative estimate of drug-likeness (QED) is 0.882. The number of amides is 2. The van der Waals surface area contributed by atoms with E-state index in [1.54, 1.807) is 0 Å². The molecule has 17 heavy (non-hydrogen) atoms. The van der Waals surface area contributed by atoms with E-state index in [2.05, 4.69) is 38.7 Å². The number of rotatable bonds is 4. The summed E-state index contributed by atoms with van der Waals surface area (Å²) in [6, 6.07) is 7.98. The van der Waals surface area contributed by atoms with E-state index in [0.717, 1.165) is 10.9 Å². The van der Waals surface area contributed by atoms with Crippen LogP contribution in [0.5, 0.6) is 0 Å². The fourth-order valence-corrected chi connectivity index (χ4v) is 2.08. The molecule has 0 saturated heterocycles. The molecule has 1 aliphatic rings. The Kier molecular flexibility index (Phi) is 3.99. The lowest BCUT2D eigenvalue weighted by atomic mass is 10.1. The molecule has 2 atom stereocenters. The van der Waals surface area contributed by atoms with Crippen LogP contribution in [0.3, 0.4) is 0 Å². The number of urea groups is 1. The van der Waals surface area contributed by atoms with Crippen molar-refractivity contribution in [3.05, 3.63) is 34.3 Å². The first-order valence-electron chi connectivity index (χ1n) is 5.56. The van der Waals surface area contributed by atoms with Gasteiger partial charge in [0.2, 0.25) is 0 Å². The Balaban J connectivity index is 1.80. The number of halogens is 2. The summed E-state index contributed by atoms with van der Waals surface area (Å²) in [6.45, 7) is -0.463. The Hall–Kier alpha value is -1.10. The third-order valence-corrected chi connectivity index (χ3v) is 3.31. The molecule has 2 amide bonds. The van der Waals surface area contributed by atoms with Crippen molar-refractivity contribution in [1.82, 2.24) is 10.6 Å². The summed E-state index contributed by atoms with van der Waals surface area (Å²) < 4.78 is 12.9. The Morgan fingerprint density at radius 1 is 1.41 bits per heavy atom. The second kappa shape index (κ2) is 5.49. The summed E-state index contributed by atoms with van der Waals surface area (Å²) in [5.41, 5.74) is 1.23. The van der Waals surface area contributed by atoms with Gasteiger partial charge in [-0.25, -0.2) is 9.18 Å². The molecule has 1 aromatic carbocycles. The monoisotopic (exact) mass is 300 g/mol. The molecule has 2 N–H and O–H groups in total. The molecule has 0 aromatic heterocycles. The van der Waals surface area contributed by atoms with E-state index >= 15 is 0 Å². The minimum atomic E-state index is -0.534. The number of benzene rings is 1. The van der Waals surface area contributed by atoms with Crippen LogP contribution in [-0.4, -0.2) is 25.3 Å². The molecule has 1 aliphatic carbocycles. The Labute approximate surface area is 108 Å². The van der Waals surface area contributed by atoms with E-state index in [1.807, 2.05) is 12.1 Å². The number of alkyl halides is 1. The molecule has 0 heterocycles. The lowest BCUT2D eigenvalue weighted by Crippen LogP contribution is -2.38. The molecular formula is C12H14BrFN2O. The van der Waals surface area contributed by atoms with Crippen LogP contribution in [0, 0.1) is 0 Å². The molecule has 92 valence electrons. The molecule has 1 aromatic rings. The molecule has 2 rings (SSSR count). The maximum Gasteiger partial charge on any atom is 0.315 e. The first-order valence-corrected chi connectivity index (χ1v) is 6.36. The predicted molar refractivity (Wildman–Crippen MR) is 67.8 cm³/mol. The predicted octanol–water partition coefficient (Wildman–Crippen LogP) is 2.57. The van der Waals surface area contributed by atoms with Crippen molar-refractivity contribution in [2.75, 3.05) is 13.2 Å². The lowest BCUT2D eigenvalue weighted by molar-refractivity contribution is 0.239. The fraction of sp³-hybridized carbons (Fsp3) is 0.417. The maximum absolute atomic E-state index is 11.8. The Bertz CT molecular complexity index is 396. The molecule has 0 spiro atoms. The number of carbonyl (C=O) groups excluding carboxylic acids is 1. The highest BCUT2D eigenvalue weighted by Gasteiger charge is 2.39. The van der Waals surface area contributed by atoms with E-state index in [0.29, 0.717) is 5.92 Å². The molecule has 0 aliphatic heterocycles. The van der Waals surface area contributed by atoms with E-state index < -0.39 is 6.67 Å². The van der Waals surface area contributed by atoms with E-state index in [4.69, 9.17) is 0 Å². The standard InChI is InChI=1S/C12H14BrFN2O/c13-9-3-1-8(2-4-9)10-7-11(10)16-12(17)15-6-5-14/h1-4,10-11H,5-7H2,(H2,15,16,17)/t10-,11+/m0/s1. The summed E-state index contributed by atoms with van der Waals surface area (Å²) in [4.78, 5) is 11.3. The van der Waals surface area contributed by atoms with Gasteiger partial charge in [0.05, 0.1) is 0 Å². The van der Waals surface area contributed by atoms with E-state index in [1.165, 1.54) is 5.56 Å². The second-order valence-electron chi connectivity index (χ2n) is 4.09. The molecule has 1 saturated carbocycles. The van der Waals surface area contributed by atoms with Gasteiger partial charge in [0.1, 0.15) is 6.67 Å². The van der Waals surface area contributed by atoms with Gasteiger partial charge in [-0.2, -0.15) is 0 Å². The number of hydrogen-bond donors (Lipinski definition) is 2. The smallest absolute Gasteiger partial charge is 0.315 e. The molecule has 0 unspecified atom stereocenters. The minimum absolute atomic E-state index is 0.0709. The highest BCUT2D eigenvalue weighted by molar-refractivity contribution is 9.10. The van der Waals surface area contributed by atoms with Gasteiger partial charge in [-0.05, 0) is 24.1 Å². The first kappa shape index (κ1) is 12.4. The number of hydrogen-bond acceptors (Lipinski definition) is 1. The first-order chi connectivity index (χ1) is 8.20. The Morgan fingerprint density at radius 2 is 2.12 bits per heavy atom. The summed E-state index contributed by atoms with van der Waals surface area (Å²) in [6.07, 6.45) is 0.949. The summed E-state index contributed by atoms with van der Waals surface area (Å²) >= 11 is 3.38. The van der Waals surface area contributed by atoms with Crippen molar-refractivity contribution >= 4 is 22.0 Å². The third-order valence-electron chi connectivity index (χ3n) is 2.79. The van der Waals surface area contributed by atoms with Gasteiger partial charge in [-0.1, -0.05) is 28.1 Å². The van der Waals surface area contributed by atoms with Crippen molar-refractivity contribution in [3.8, 4) is 0 Å². The number of carbonyl (C=O) groups is 1. The van der Waals surface area contributed by atoms with Crippen LogP contribution in [0.4, 0.5) is 9.18 Å². The molecule has 5 heteroatoms. The van der Waals surface area contributed by atoms with Crippen LogP contribution in [0.25, 0.3) is 0 Å². The summed E-state index contributed by atoms with van der Waals surface area (Å²) in [7, 11) is 0. The largest absolute Gasteiger partial charge is 0.336 e. The summed E-state index contributed by atoms with van der Waals surface area (Å²) in [5.74, 6) is 0.388. The average Bonchev–Trinajstić information content (AvgIpc) is 3.06. The topological polar surface area (TPSA) is 41.1 Å². The molecule has 3 nitrogen and oxygen atoms in total. The van der Waals surface area contributed by atoms with E-state index in [9.17, 15) is 9.18 Å². The summed E-state index contributed by atoms with van der Waals surface area (Å²) in [5, 5.41) is 5.28. The van der Waals surface area contributed by atoms with Crippen molar-refractivity contribution < 1.29 is 9.18 Å². The zero-order valence-electron chi connectivity index (χ0n) is 9.25. The third kappa shape index (κ3) is 3.43. The highest BCUT2D eigenvalue weighted by atomic mass is 79.9. The van der Waals surface area contributed by atoms with Crippen molar-refractivity contribution in [2.45, 2.75) is 18.4 Å². The number of nitrogens with one attached hydrogen (secondary N) is 2. The zero-order chi connectivity index (χ0) is 12.3. The average molecular weight is 301 g/mol. The Morgan fingerprint density at radius 3 is 2.76 bits per heavy atom. The van der Waals surface area contributed by atoms with Crippen LogP contribution < -0.4 is 10.6 Å². The van der Waals surface area contributed by atoms with Crippen LogP contribution in [0.15, 0.2) is 28.7 Å². The van der Waals surface area contributed by atoms with E-state index in [-0.39, 0.29) is 18.6 Å².